The Morgan fingerprint density at radius 3 is 1.41 bits per heavy atom. The number of halogens is 4. The van der Waals surface area contributed by atoms with Gasteiger partial charge in [-0.05, 0) is 161 Å². The molecular formula is C59H87ClF3N3O6S. The molecule has 0 radical (unpaired) electrons. The van der Waals surface area contributed by atoms with Crippen molar-refractivity contribution in [2.24, 2.45) is 10.8 Å². The number of ether oxygens (including phenoxy) is 4. The summed E-state index contributed by atoms with van der Waals surface area (Å²) in [5.41, 5.74) is 3.79. The molecule has 0 saturated heterocycles. The monoisotopic (exact) mass is 1060 g/mol. The molecule has 0 amide bonds. The highest BCUT2D eigenvalue weighted by atomic mass is 35.5. The number of aryl methyl sites for hydroxylation is 1. The Bertz CT molecular complexity index is 2450. The number of methoxy groups -OCH3 is 4. The van der Waals surface area contributed by atoms with E-state index in [9.17, 15) is 21.6 Å². The Kier molecular flexibility index (Phi) is 28.0. The van der Waals surface area contributed by atoms with E-state index in [0.717, 1.165) is 35.5 Å². The van der Waals surface area contributed by atoms with Crippen molar-refractivity contribution >= 4 is 34.0 Å². The number of nitrogens with one attached hydrogen (secondary N) is 3. The van der Waals surface area contributed by atoms with Crippen LogP contribution in [0.4, 0.5) is 18.9 Å². The summed E-state index contributed by atoms with van der Waals surface area (Å²) in [7, 11) is 3.27. The van der Waals surface area contributed by atoms with Crippen molar-refractivity contribution in [3.63, 3.8) is 0 Å². The Balaban J connectivity index is 0.000000884. The summed E-state index contributed by atoms with van der Waals surface area (Å²) in [6.07, 6.45) is -1.55. The summed E-state index contributed by atoms with van der Waals surface area (Å²) in [6, 6.07) is 34.9. The van der Waals surface area contributed by atoms with Gasteiger partial charge in [-0.15, -0.1) is 0 Å². The van der Waals surface area contributed by atoms with Gasteiger partial charge in [0.15, 0.2) is 23.0 Å². The minimum absolute atomic E-state index is 0.0449. The van der Waals surface area contributed by atoms with Crippen LogP contribution >= 0.6 is 11.6 Å². The maximum atomic E-state index is 12.6. The number of rotatable bonds is 10. The maximum absolute atomic E-state index is 12.6. The second kappa shape index (κ2) is 30.2. The summed E-state index contributed by atoms with van der Waals surface area (Å²) < 4.78 is 84.7. The van der Waals surface area contributed by atoms with Gasteiger partial charge in [0.25, 0.3) is 0 Å². The molecule has 73 heavy (non-hydrogen) atoms. The molecule has 0 heterocycles. The van der Waals surface area contributed by atoms with Gasteiger partial charge < -0.3 is 29.7 Å². The van der Waals surface area contributed by atoms with Crippen molar-refractivity contribution in [2.45, 2.75) is 151 Å². The average Bonchev–Trinajstić information content (AvgIpc) is 3.28. The van der Waals surface area contributed by atoms with Gasteiger partial charge >= 0.3 is 6.18 Å². The fourth-order valence-electron chi connectivity index (χ4n) is 6.39. The minimum Gasteiger partial charge on any atom is -0.493 e. The Morgan fingerprint density at radius 2 is 1.00 bits per heavy atom. The molecule has 0 fully saturated rings. The third-order valence-electron chi connectivity index (χ3n) is 9.72. The molecule has 408 valence electrons. The lowest BCUT2D eigenvalue weighted by atomic mass is 9.87. The van der Waals surface area contributed by atoms with Crippen LogP contribution in [0.2, 0.25) is 5.02 Å². The summed E-state index contributed by atoms with van der Waals surface area (Å²) in [6.45, 7) is 33.6. The van der Waals surface area contributed by atoms with Crippen LogP contribution in [0.5, 0.6) is 23.0 Å². The van der Waals surface area contributed by atoms with Gasteiger partial charge in [0.05, 0.1) is 43.9 Å². The van der Waals surface area contributed by atoms with Crippen LogP contribution in [0.1, 0.15) is 133 Å². The summed E-state index contributed by atoms with van der Waals surface area (Å²) in [5.74, 6) is 3.18. The number of hydrogen-bond acceptors (Lipinski definition) is 8. The Hall–Kier alpha value is -5.24. The molecule has 3 N–H and O–H groups in total. The average molecular weight is 1060 g/mol. The van der Waals surface area contributed by atoms with Crippen LogP contribution < -0.4 is 29.0 Å². The van der Waals surface area contributed by atoms with E-state index in [1.54, 1.807) is 64.8 Å². The zero-order chi connectivity index (χ0) is 56.6. The van der Waals surface area contributed by atoms with E-state index in [1.165, 1.54) is 29.3 Å². The molecule has 0 bridgehead atoms. The van der Waals surface area contributed by atoms with Crippen LogP contribution in [-0.4, -0.2) is 54.7 Å². The van der Waals surface area contributed by atoms with E-state index in [0.29, 0.717) is 22.3 Å². The predicted molar refractivity (Wildman–Crippen MR) is 301 cm³/mol. The summed E-state index contributed by atoms with van der Waals surface area (Å²) in [5, 5.41) is 8.64. The lowest BCUT2D eigenvalue weighted by Gasteiger charge is -2.21. The molecule has 9 nitrogen and oxygen atoms in total. The minimum atomic E-state index is -4.38. The van der Waals surface area contributed by atoms with Crippen LogP contribution in [0.3, 0.4) is 0 Å². The van der Waals surface area contributed by atoms with Gasteiger partial charge in [-0.25, -0.2) is 13.1 Å². The van der Waals surface area contributed by atoms with Gasteiger partial charge in [-0.3, -0.25) is 0 Å². The molecule has 0 aliphatic rings. The van der Waals surface area contributed by atoms with Crippen molar-refractivity contribution in [2.75, 3.05) is 33.8 Å². The maximum Gasteiger partial charge on any atom is 0.417 e. The van der Waals surface area contributed by atoms with Gasteiger partial charge in [0.1, 0.15) is 0 Å². The fraction of sp³-hybridized carbons (Fsp3) is 0.475. The van der Waals surface area contributed by atoms with Crippen molar-refractivity contribution in [1.29, 1.82) is 5.41 Å². The summed E-state index contributed by atoms with van der Waals surface area (Å²) >= 11 is 5.53. The first-order valence-corrected chi connectivity index (χ1v) is 25.9. The molecule has 5 rings (SSSR count). The molecule has 14 heteroatoms. The van der Waals surface area contributed by atoms with Crippen molar-refractivity contribution in [3.05, 3.63) is 143 Å². The third-order valence-corrected chi connectivity index (χ3v) is 11.8. The largest absolute Gasteiger partial charge is 0.493 e. The summed E-state index contributed by atoms with van der Waals surface area (Å²) in [4.78, 5) is 0.301. The van der Waals surface area contributed by atoms with E-state index in [-0.39, 0.29) is 21.4 Å². The van der Waals surface area contributed by atoms with Crippen LogP contribution in [0.25, 0.3) is 0 Å². The molecule has 0 aromatic heterocycles. The van der Waals surface area contributed by atoms with E-state index in [2.05, 4.69) is 109 Å². The highest BCUT2D eigenvalue weighted by Crippen LogP contribution is 2.37. The topological polar surface area (TPSA) is 119 Å². The lowest BCUT2D eigenvalue weighted by molar-refractivity contribution is -0.137. The van der Waals surface area contributed by atoms with Crippen LogP contribution in [0.15, 0.2) is 120 Å². The zero-order valence-electron chi connectivity index (χ0n) is 47.2. The second-order valence-electron chi connectivity index (χ2n) is 22.5. The Morgan fingerprint density at radius 1 is 0.548 bits per heavy atom. The standard InChI is InChI=1S/C14H22O2.C12H14ClF3.C12H18O2.C10H15NO2S.C10H15N.CH3N/c1-14(2,3)9-8-11-6-7-12(15-4)13(10-11)16-5;1-11(2,3)7-8-4-5-10(13)9(6-8)12(14,15)16;1-12(2,3)9-6-7-10(13-4)11(8-9)14-5;1-10(2,3)11-14(12,13)9-7-5-4-6-8-9;1-10(2,3)11-9-7-5-4-6-8-9;1-2/h6-7,10H,8-9H2,1-5H3;4-6H,7H2,1-3H3;6-8H,1-5H3;4-8,11H,1-3H3;4-8,11H,1-3H3;2H,1H2. The number of sulfonamides is 1. The number of benzene rings is 5. The normalized spacial score (nSPS) is 11.7. The van der Waals surface area contributed by atoms with E-state index in [1.807, 2.05) is 77.9 Å². The van der Waals surface area contributed by atoms with E-state index >= 15 is 0 Å². The smallest absolute Gasteiger partial charge is 0.417 e. The van der Waals surface area contributed by atoms with Gasteiger partial charge in [0.2, 0.25) is 10.0 Å². The quantitative estimate of drug-likeness (QED) is 0.119. The first kappa shape index (κ1) is 67.8. The predicted octanol–water partition coefficient (Wildman–Crippen LogP) is 16.6. The van der Waals surface area contributed by atoms with Gasteiger partial charge in [-0.2, -0.15) is 13.2 Å². The Labute approximate surface area is 443 Å². The number of para-hydroxylation sites is 1. The molecule has 0 unspecified atom stereocenters. The number of anilines is 1. The zero-order valence-corrected chi connectivity index (χ0v) is 48.7. The second-order valence-corrected chi connectivity index (χ2v) is 24.6. The van der Waals surface area contributed by atoms with E-state index < -0.39 is 27.3 Å². The van der Waals surface area contributed by atoms with Crippen molar-refractivity contribution < 1.29 is 40.5 Å². The van der Waals surface area contributed by atoms with Crippen molar-refractivity contribution in [3.8, 4) is 23.0 Å². The molecular weight excluding hydrogens is 971 g/mol. The first-order valence-electron chi connectivity index (χ1n) is 24.0. The van der Waals surface area contributed by atoms with Gasteiger partial charge in [-0.1, -0.05) is 129 Å². The van der Waals surface area contributed by atoms with Crippen LogP contribution in [0, 0.1) is 16.2 Å². The molecule has 0 saturated carbocycles. The fourth-order valence-corrected chi connectivity index (χ4v) is 8.05. The van der Waals surface area contributed by atoms with E-state index in [4.69, 9.17) is 36.0 Å². The van der Waals surface area contributed by atoms with Crippen molar-refractivity contribution in [1.82, 2.24) is 4.72 Å². The molecule has 5 aromatic carbocycles. The van der Waals surface area contributed by atoms with Gasteiger partial charge in [0, 0.05) is 16.8 Å². The highest BCUT2D eigenvalue weighted by molar-refractivity contribution is 7.89. The molecule has 0 aliphatic heterocycles. The molecule has 0 aliphatic carbocycles. The number of hydrogen-bond donors (Lipinski definition) is 3. The molecule has 5 aromatic rings. The number of alkyl halides is 3. The first-order chi connectivity index (χ1) is 33.4. The molecule has 0 atom stereocenters. The highest BCUT2D eigenvalue weighted by Gasteiger charge is 2.33. The molecule has 0 spiro atoms. The third kappa shape index (κ3) is 29.3. The SMILES string of the molecule is C=N.CC(C)(C)Cc1ccc(Cl)c(C(F)(F)F)c1.CC(C)(C)NS(=O)(=O)c1ccccc1.CC(C)(C)Nc1ccccc1.COc1ccc(C(C)(C)C)cc1OC.COc1ccc(CCC(C)(C)C)cc1OC. The van der Waals surface area contributed by atoms with Crippen LogP contribution in [-0.2, 0) is 34.5 Å². The lowest BCUT2D eigenvalue weighted by Crippen LogP contribution is -2.40.